The van der Waals surface area contributed by atoms with Crippen LogP contribution in [-0.4, -0.2) is 22.4 Å². The molecule has 0 aliphatic rings. The molecule has 0 fully saturated rings. The fraction of sp³-hybridized carbons (Fsp3) is 0.333. The molecule has 0 radical (unpaired) electrons. The second kappa shape index (κ2) is 4.48. The topological polar surface area (TPSA) is 79.4 Å². The average Bonchev–Trinajstić information content (AvgIpc) is 2.08. The van der Waals surface area contributed by atoms with Gasteiger partial charge in [0.25, 0.3) is 5.56 Å². The summed E-state index contributed by atoms with van der Waals surface area (Å²) < 4.78 is 39.4. The molecule has 0 saturated carbocycles. The van der Waals surface area contributed by atoms with E-state index in [1.165, 1.54) is 6.92 Å². The van der Waals surface area contributed by atoms with Gasteiger partial charge in [0.15, 0.2) is 5.75 Å². The molecule has 0 unspecified atom stereocenters. The van der Waals surface area contributed by atoms with E-state index in [1.54, 1.807) is 0 Å². The van der Waals surface area contributed by atoms with Crippen molar-refractivity contribution >= 4 is 5.97 Å². The second-order valence-corrected chi connectivity index (χ2v) is 3.25. The Kier molecular flexibility index (Phi) is 3.45. The molecular weight excluding hydrogens is 243 g/mol. The fourth-order valence-corrected chi connectivity index (χ4v) is 1.25. The van der Waals surface area contributed by atoms with E-state index in [1.807, 2.05) is 4.98 Å². The quantitative estimate of drug-likeness (QED) is 0.846. The Morgan fingerprint density at radius 3 is 2.53 bits per heavy atom. The Bertz CT molecular complexity index is 492. The molecule has 0 aliphatic carbocycles. The van der Waals surface area contributed by atoms with Crippen LogP contribution in [0.25, 0.3) is 0 Å². The molecule has 0 amide bonds. The van der Waals surface area contributed by atoms with E-state index in [-0.39, 0.29) is 11.3 Å². The van der Waals surface area contributed by atoms with Crippen molar-refractivity contribution in [3.63, 3.8) is 0 Å². The van der Waals surface area contributed by atoms with E-state index in [2.05, 4.69) is 4.74 Å². The maximum atomic E-state index is 11.9. The van der Waals surface area contributed by atoms with E-state index in [4.69, 9.17) is 5.11 Å². The zero-order valence-corrected chi connectivity index (χ0v) is 8.59. The van der Waals surface area contributed by atoms with Crippen LogP contribution < -0.4 is 10.3 Å². The summed E-state index contributed by atoms with van der Waals surface area (Å²) in [6.07, 6.45) is -5.45. The number of carboxylic acids is 1. The fourth-order valence-electron chi connectivity index (χ4n) is 1.25. The Hall–Kier alpha value is -1.99. The predicted molar refractivity (Wildman–Crippen MR) is 49.8 cm³/mol. The van der Waals surface area contributed by atoms with Gasteiger partial charge in [-0.3, -0.25) is 9.59 Å². The molecule has 2 N–H and O–H groups in total. The van der Waals surface area contributed by atoms with Gasteiger partial charge < -0.3 is 14.8 Å². The number of aromatic nitrogens is 1. The molecular formula is C9H8F3NO4. The summed E-state index contributed by atoms with van der Waals surface area (Å²) in [4.78, 5) is 23.6. The maximum absolute atomic E-state index is 11.9. The number of ether oxygens (including phenoxy) is 1. The standard InChI is InChI=1S/C9H8F3NO4/c1-4-2-5(3-6(14)15)13-8(16)7(4)17-9(10,11)12/h2H,3H2,1H3,(H,13,16)(H,14,15). The Morgan fingerprint density at radius 2 is 2.12 bits per heavy atom. The molecule has 17 heavy (non-hydrogen) atoms. The average molecular weight is 251 g/mol. The summed E-state index contributed by atoms with van der Waals surface area (Å²) >= 11 is 0. The number of halogens is 3. The number of pyridine rings is 1. The molecule has 0 aromatic carbocycles. The Labute approximate surface area is 92.8 Å². The van der Waals surface area contributed by atoms with Crippen LogP contribution in [0.15, 0.2) is 10.9 Å². The Morgan fingerprint density at radius 1 is 1.53 bits per heavy atom. The number of rotatable bonds is 3. The van der Waals surface area contributed by atoms with Crippen molar-refractivity contribution in [2.75, 3.05) is 0 Å². The lowest BCUT2D eigenvalue weighted by atomic mass is 10.2. The number of hydrogen-bond acceptors (Lipinski definition) is 3. The normalized spacial score (nSPS) is 11.3. The first-order valence-electron chi connectivity index (χ1n) is 4.39. The molecule has 0 saturated heterocycles. The van der Waals surface area contributed by atoms with Gasteiger partial charge in [0, 0.05) is 5.69 Å². The van der Waals surface area contributed by atoms with Crippen LogP contribution >= 0.6 is 0 Å². The highest BCUT2D eigenvalue weighted by atomic mass is 19.4. The van der Waals surface area contributed by atoms with Crippen LogP contribution in [0.2, 0.25) is 0 Å². The van der Waals surface area contributed by atoms with E-state index in [9.17, 15) is 22.8 Å². The molecule has 1 rings (SSSR count). The summed E-state index contributed by atoms with van der Waals surface area (Å²) in [6, 6.07) is 1.12. The van der Waals surface area contributed by atoms with Gasteiger partial charge in [-0.2, -0.15) is 0 Å². The SMILES string of the molecule is Cc1cc(CC(=O)O)[nH]c(=O)c1OC(F)(F)F. The lowest BCUT2D eigenvalue weighted by Gasteiger charge is -2.10. The molecule has 94 valence electrons. The number of aliphatic carboxylic acids is 1. The van der Waals surface area contributed by atoms with Crippen LogP contribution in [0.3, 0.4) is 0 Å². The van der Waals surface area contributed by atoms with E-state index < -0.39 is 30.1 Å². The van der Waals surface area contributed by atoms with Crippen molar-refractivity contribution in [3.05, 3.63) is 27.7 Å². The maximum Gasteiger partial charge on any atom is 0.573 e. The third kappa shape index (κ3) is 3.82. The van der Waals surface area contributed by atoms with Gasteiger partial charge in [0.2, 0.25) is 0 Å². The highest BCUT2D eigenvalue weighted by Gasteiger charge is 2.33. The van der Waals surface area contributed by atoms with Crippen LogP contribution in [0.4, 0.5) is 13.2 Å². The van der Waals surface area contributed by atoms with Crippen molar-refractivity contribution in [1.82, 2.24) is 4.98 Å². The number of carbonyl (C=O) groups is 1. The van der Waals surface area contributed by atoms with Gasteiger partial charge in [0.05, 0.1) is 6.42 Å². The summed E-state index contributed by atoms with van der Waals surface area (Å²) in [5.41, 5.74) is -1.18. The van der Waals surface area contributed by atoms with Crippen molar-refractivity contribution in [1.29, 1.82) is 0 Å². The van der Waals surface area contributed by atoms with Gasteiger partial charge in [-0.25, -0.2) is 0 Å². The smallest absolute Gasteiger partial charge is 0.481 e. The first-order chi connectivity index (χ1) is 7.69. The van der Waals surface area contributed by atoms with E-state index in [0.29, 0.717) is 0 Å². The van der Waals surface area contributed by atoms with Crippen molar-refractivity contribution < 1.29 is 27.8 Å². The van der Waals surface area contributed by atoms with E-state index >= 15 is 0 Å². The Balaban J connectivity index is 3.11. The number of H-pyrrole nitrogens is 1. The number of alkyl halides is 3. The molecule has 1 heterocycles. The molecule has 1 aromatic heterocycles. The lowest BCUT2D eigenvalue weighted by molar-refractivity contribution is -0.275. The van der Waals surface area contributed by atoms with Crippen molar-refractivity contribution in [2.45, 2.75) is 19.7 Å². The van der Waals surface area contributed by atoms with Crippen LogP contribution in [0.5, 0.6) is 5.75 Å². The minimum atomic E-state index is -4.97. The number of nitrogens with one attached hydrogen (secondary N) is 1. The monoisotopic (exact) mass is 251 g/mol. The zero-order valence-electron chi connectivity index (χ0n) is 8.59. The highest BCUT2D eigenvalue weighted by molar-refractivity contribution is 5.69. The first-order valence-corrected chi connectivity index (χ1v) is 4.39. The molecule has 0 bridgehead atoms. The van der Waals surface area contributed by atoms with Crippen molar-refractivity contribution in [3.8, 4) is 5.75 Å². The number of hydrogen-bond donors (Lipinski definition) is 2. The number of aromatic amines is 1. The van der Waals surface area contributed by atoms with Crippen molar-refractivity contribution in [2.24, 2.45) is 0 Å². The van der Waals surface area contributed by atoms with Gasteiger partial charge in [-0.1, -0.05) is 0 Å². The molecule has 1 aromatic rings. The summed E-state index contributed by atoms with van der Waals surface area (Å²) in [5, 5.41) is 8.47. The molecule has 0 spiro atoms. The predicted octanol–water partition coefficient (Wildman–Crippen LogP) is 1.21. The van der Waals surface area contributed by atoms with Crippen LogP contribution in [0, 0.1) is 6.92 Å². The van der Waals surface area contributed by atoms with Gasteiger partial charge >= 0.3 is 12.3 Å². The van der Waals surface area contributed by atoms with Crippen LogP contribution in [0.1, 0.15) is 11.3 Å². The summed E-state index contributed by atoms with van der Waals surface area (Å²) in [5.74, 6) is -2.09. The van der Waals surface area contributed by atoms with Gasteiger partial charge in [-0.15, -0.1) is 13.2 Å². The van der Waals surface area contributed by atoms with Crippen LogP contribution in [-0.2, 0) is 11.2 Å². The molecule has 0 aliphatic heterocycles. The first kappa shape index (κ1) is 13.1. The lowest BCUT2D eigenvalue weighted by Crippen LogP contribution is -2.24. The highest BCUT2D eigenvalue weighted by Crippen LogP contribution is 2.22. The third-order valence-electron chi connectivity index (χ3n) is 1.79. The van der Waals surface area contributed by atoms with Gasteiger partial charge in [0.1, 0.15) is 0 Å². The minimum Gasteiger partial charge on any atom is -0.481 e. The summed E-state index contributed by atoms with van der Waals surface area (Å²) in [6.45, 7) is 1.22. The molecule has 8 heteroatoms. The molecule has 5 nitrogen and oxygen atoms in total. The molecule has 0 atom stereocenters. The van der Waals surface area contributed by atoms with E-state index in [0.717, 1.165) is 6.07 Å². The van der Waals surface area contributed by atoms with Gasteiger partial charge in [-0.05, 0) is 18.6 Å². The second-order valence-electron chi connectivity index (χ2n) is 3.25. The number of aryl methyl sites for hydroxylation is 1. The summed E-state index contributed by atoms with van der Waals surface area (Å²) in [7, 11) is 0. The largest absolute Gasteiger partial charge is 0.573 e. The number of carboxylic acid groups (broad SMARTS) is 1. The third-order valence-corrected chi connectivity index (χ3v) is 1.79. The zero-order chi connectivity index (χ0) is 13.2. The minimum absolute atomic E-state index is 0.00882.